The van der Waals surface area contributed by atoms with Gasteiger partial charge >= 0.3 is 0 Å². The molecule has 9 heteroatoms. The van der Waals surface area contributed by atoms with E-state index in [1.807, 2.05) is 0 Å². The van der Waals surface area contributed by atoms with Crippen LogP contribution in [-0.2, 0) is 10.1 Å². The molecule has 24 heavy (non-hydrogen) atoms. The van der Waals surface area contributed by atoms with Crippen LogP contribution in [0, 0.1) is 0 Å². The van der Waals surface area contributed by atoms with E-state index in [9.17, 15) is 13.2 Å². The summed E-state index contributed by atoms with van der Waals surface area (Å²) in [5, 5.41) is 10.3. The summed E-state index contributed by atoms with van der Waals surface area (Å²) in [6.45, 7) is 0. The van der Waals surface area contributed by atoms with Crippen LogP contribution < -0.4 is 5.73 Å². The van der Waals surface area contributed by atoms with Crippen LogP contribution in [0.5, 0.6) is 5.75 Å². The summed E-state index contributed by atoms with van der Waals surface area (Å²) in [6, 6.07) is 10.4. The highest BCUT2D eigenvalue weighted by Crippen LogP contribution is 2.20. The van der Waals surface area contributed by atoms with Gasteiger partial charge in [-0.1, -0.05) is 35.3 Å². The number of hydrogen-bond donors (Lipinski definition) is 3. The van der Waals surface area contributed by atoms with E-state index in [0.29, 0.717) is 16.0 Å². The van der Waals surface area contributed by atoms with Crippen LogP contribution in [0.15, 0.2) is 47.9 Å². The van der Waals surface area contributed by atoms with Gasteiger partial charge in [-0.25, -0.2) is 0 Å². The molecule has 128 valence electrons. The fraction of sp³-hybridized carbons (Fsp3) is 0. The Morgan fingerprint density at radius 1 is 1.08 bits per heavy atom. The summed E-state index contributed by atoms with van der Waals surface area (Å²) < 4.78 is 29.0. The van der Waals surface area contributed by atoms with E-state index >= 15 is 0 Å². The zero-order valence-corrected chi connectivity index (χ0v) is 14.4. The van der Waals surface area contributed by atoms with E-state index in [2.05, 4.69) is 0 Å². The molecule has 2 aromatic carbocycles. The fourth-order valence-corrected chi connectivity index (χ4v) is 2.27. The van der Waals surface area contributed by atoms with Crippen LogP contribution in [0.25, 0.3) is 6.08 Å². The first kappa shape index (κ1) is 20.0. The molecule has 6 nitrogen and oxygen atoms in total. The summed E-state index contributed by atoms with van der Waals surface area (Å²) in [5.41, 5.74) is 5.87. The first-order chi connectivity index (χ1) is 11.1. The zero-order valence-electron chi connectivity index (χ0n) is 12.1. The number of amides is 1. The molecule has 0 bridgehead atoms. The van der Waals surface area contributed by atoms with E-state index in [-0.39, 0.29) is 16.3 Å². The fourth-order valence-electron chi connectivity index (χ4n) is 1.44. The number of primary amides is 1. The number of rotatable bonds is 3. The Morgan fingerprint density at radius 2 is 1.67 bits per heavy atom. The lowest BCUT2D eigenvalue weighted by molar-refractivity contribution is 0.100. The first-order valence-electron chi connectivity index (χ1n) is 6.28. The molecular weight excluding hydrogens is 377 g/mol. The Balaban J connectivity index is 0.000000243. The van der Waals surface area contributed by atoms with Gasteiger partial charge in [0.15, 0.2) is 0 Å². The Labute approximate surface area is 148 Å². The van der Waals surface area contributed by atoms with Crippen molar-refractivity contribution in [1.82, 2.24) is 0 Å². The van der Waals surface area contributed by atoms with Crippen molar-refractivity contribution in [2.75, 3.05) is 0 Å². The number of hydrogen-bond acceptors (Lipinski definition) is 4. The van der Waals surface area contributed by atoms with Crippen LogP contribution in [-0.4, -0.2) is 24.0 Å². The molecule has 1 amide bonds. The predicted molar refractivity (Wildman–Crippen MR) is 93.7 cm³/mol. The molecular formula is C15H13Cl2NO5S. The molecule has 0 aliphatic rings. The van der Waals surface area contributed by atoms with Gasteiger partial charge in [0.2, 0.25) is 5.91 Å². The van der Waals surface area contributed by atoms with Gasteiger partial charge in [-0.3, -0.25) is 9.35 Å². The molecule has 0 aromatic heterocycles. The molecule has 0 unspecified atom stereocenters. The van der Waals surface area contributed by atoms with Gasteiger partial charge in [0.1, 0.15) is 5.75 Å². The SMILES string of the molecule is NC(=O)c1ccc(Cl)cc1Cl.O=S(=O)(O)/C=C/c1ccc(O)cc1. The predicted octanol–water partition coefficient (Wildman–Crippen LogP) is 3.34. The van der Waals surface area contributed by atoms with Gasteiger partial charge in [0.25, 0.3) is 10.1 Å². The Bertz CT molecular complexity index is 849. The van der Waals surface area contributed by atoms with Gasteiger partial charge in [0.05, 0.1) is 16.0 Å². The van der Waals surface area contributed by atoms with Gasteiger partial charge < -0.3 is 10.8 Å². The van der Waals surface area contributed by atoms with Crippen LogP contribution in [0.3, 0.4) is 0 Å². The van der Waals surface area contributed by atoms with E-state index in [1.54, 1.807) is 6.07 Å². The van der Waals surface area contributed by atoms with Gasteiger partial charge in [-0.15, -0.1) is 0 Å². The normalized spacial score (nSPS) is 11.0. The van der Waals surface area contributed by atoms with Gasteiger partial charge in [0, 0.05) is 5.02 Å². The smallest absolute Gasteiger partial charge is 0.287 e. The maximum atomic E-state index is 10.6. The standard InChI is InChI=1S/C8H8O4S.C7H5Cl2NO/c9-8-3-1-7(2-4-8)5-6-13(10,11)12;8-4-1-2-5(7(10)11)6(9)3-4/h1-6,9H,(H,10,11,12);1-3H,(H2,10,11)/b6-5+;. The number of halogens is 2. The Morgan fingerprint density at radius 3 is 2.12 bits per heavy atom. The van der Waals surface area contributed by atoms with Crippen molar-refractivity contribution in [2.24, 2.45) is 5.73 Å². The van der Waals surface area contributed by atoms with Crippen molar-refractivity contribution < 1.29 is 22.9 Å². The highest BCUT2D eigenvalue weighted by molar-refractivity contribution is 7.88. The van der Waals surface area contributed by atoms with Crippen molar-refractivity contribution >= 4 is 45.3 Å². The van der Waals surface area contributed by atoms with E-state index < -0.39 is 16.0 Å². The molecule has 2 aromatic rings. The molecule has 0 aliphatic heterocycles. The second-order valence-electron chi connectivity index (χ2n) is 4.40. The van der Waals surface area contributed by atoms with Crippen molar-refractivity contribution in [2.45, 2.75) is 0 Å². The summed E-state index contributed by atoms with van der Waals surface area (Å²) in [7, 11) is -4.08. The number of nitrogens with two attached hydrogens (primary N) is 1. The Kier molecular flexibility index (Phi) is 7.24. The maximum Gasteiger partial charge on any atom is 0.287 e. The van der Waals surface area contributed by atoms with Crippen LogP contribution in [0.2, 0.25) is 10.0 Å². The third-order valence-corrected chi connectivity index (χ3v) is 3.55. The van der Waals surface area contributed by atoms with E-state index in [4.69, 9.17) is 38.6 Å². The topological polar surface area (TPSA) is 118 Å². The number of phenolic OH excluding ortho intramolecular Hbond substituents is 1. The summed E-state index contributed by atoms with van der Waals surface area (Å²) in [5.74, 6) is -0.448. The van der Waals surface area contributed by atoms with E-state index in [0.717, 1.165) is 0 Å². The number of benzene rings is 2. The largest absolute Gasteiger partial charge is 0.508 e. The highest BCUT2D eigenvalue weighted by Gasteiger charge is 2.05. The number of carbonyl (C=O) groups excluding carboxylic acids is 1. The van der Waals surface area contributed by atoms with Crippen molar-refractivity contribution in [3.05, 3.63) is 69.0 Å². The maximum absolute atomic E-state index is 10.6. The van der Waals surface area contributed by atoms with Crippen LogP contribution in [0.1, 0.15) is 15.9 Å². The first-order valence-corrected chi connectivity index (χ1v) is 8.54. The molecule has 0 saturated carbocycles. The summed E-state index contributed by atoms with van der Waals surface area (Å²) in [6.07, 6.45) is 1.23. The zero-order chi connectivity index (χ0) is 18.3. The monoisotopic (exact) mass is 389 g/mol. The molecule has 0 atom stereocenters. The van der Waals surface area contributed by atoms with Crippen molar-refractivity contribution in [3.63, 3.8) is 0 Å². The minimum Gasteiger partial charge on any atom is -0.508 e. The Hall–Kier alpha value is -2.06. The number of carbonyl (C=O) groups is 1. The van der Waals surface area contributed by atoms with E-state index in [1.165, 1.54) is 42.5 Å². The second kappa shape index (κ2) is 8.70. The number of aromatic hydroxyl groups is 1. The summed E-state index contributed by atoms with van der Waals surface area (Å²) in [4.78, 5) is 10.6. The van der Waals surface area contributed by atoms with Crippen molar-refractivity contribution in [1.29, 1.82) is 0 Å². The highest BCUT2D eigenvalue weighted by atomic mass is 35.5. The average molecular weight is 390 g/mol. The van der Waals surface area contributed by atoms with Crippen LogP contribution >= 0.6 is 23.2 Å². The lowest BCUT2D eigenvalue weighted by atomic mass is 10.2. The molecule has 4 N–H and O–H groups in total. The molecule has 2 rings (SSSR count). The lowest BCUT2D eigenvalue weighted by Crippen LogP contribution is -2.11. The molecule has 0 saturated heterocycles. The van der Waals surface area contributed by atoms with Gasteiger partial charge in [-0.2, -0.15) is 8.42 Å². The molecule has 0 fully saturated rings. The molecule has 0 aliphatic carbocycles. The molecule has 0 spiro atoms. The number of phenols is 1. The average Bonchev–Trinajstić information content (AvgIpc) is 2.46. The second-order valence-corrected chi connectivity index (χ2v) is 6.54. The molecule has 0 heterocycles. The van der Waals surface area contributed by atoms with Crippen molar-refractivity contribution in [3.8, 4) is 5.75 Å². The van der Waals surface area contributed by atoms with Crippen LogP contribution in [0.4, 0.5) is 0 Å². The third-order valence-electron chi connectivity index (χ3n) is 2.52. The summed E-state index contributed by atoms with van der Waals surface area (Å²) >= 11 is 11.2. The quantitative estimate of drug-likeness (QED) is 0.695. The van der Waals surface area contributed by atoms with Gasteiger partial charge in [-0.05, 0) is 42.0 Å². The minimum atomic E-state index is -4.08. The molecule has 0 radical (unpaired) electrons. The third kappa shape index (κ3) is 7.47. The lowest BCUT2D eigenvalue weighted by Gasteiger charge is -1.97. The minimum absolute atomic E-state index is 0.101.